The van der Waals surface area contributed by atoms with Crippen LogP contribution in [0.2, 0.25) is 5.02 Å². The number of halogens is 1. The molecular weight excluding hydrogens is 290 g/mol. The van der Waals surface area contributed by atoms with Gasteiger partial charge in [0.2, 0.25) is 0 Å². The first-order valence-corrected chi connectivity index (χ1v) is 7.72. The smallest absolute Gasteiger partial charge is 0.256 e. The predicted molar refractivity (Wildman–Crippen MR) is 86.2 cm³/mol. The van der Waals surface area contributed by atoms with Gasteiger partial charge in [-0.25, -0.2) is 0 Å². The number of hydrogen-bond donors (Lipinski definition) is 1. The molecule has 0 fully saturated rings. The molecule has 1 unspecified atom stereocenters. The van der Waals surface area contributed by atoms with Crippen LogP contribution in [0.25, 0.3) is 0 Å². The van der Waals surface area contributed by atoms with Crippen molar-refractivity contribution in [2.75, 3.05) is 18.5 Å². The summed E-state index contributed by atoms with van der Waals surface area (Å²) in [5, 5.41) is 3.32. The molecule has 0 aliphatic carbocycles. The fourth-order valence-corrected chi connectivity index (χ4v) is 2.05. The second kappa shape index (κ2) is 8.25. The van der Waals surface area contributed by atoms with Gasteiger partial charge in [0.25, 0.3) is 5.91 Å². The molecule has 5 heteroatoms. The molecule has 21 heavy (non-hydrogen) atoms. The molecule has 0 aromatic heterocycles. The van der Waals surface area contributed by atoms with Gasteiger partial charge in [-0.15, -0.1) is 0 Å². The predicted octanol–water partition coefficient (Wildman–Crippen LogP) is 4.27. The molecule has 1 atom stereocenters. The molecule has 118 valence electrons. The fraction of sp³-hybridized carbons (Fsp3) is 0.562. The summed E-state index contributed by atoms with van der Waals surface area (Å²) < 4.78 is 11.1. The Labute approximate surface area is 131 Å². The molecule has 0 radical (unpaired) electrons. The van der Waals surface area contributed by atoms with E-state index in [1.165, 1.54) is 0 Å². The number of carbonyl (C=O) groups is 1. The number of amides is 1. The number of benzene rings is 1. The second-order valence-electron chi connectivity index (χ2n) is 4.97. The Morgan fingerprint density at radius 2 is 2.05 bits per heavy atom. The maximum Gasteiger partial charge on any atom is 0.256 e. The van der Waals surface area contributed by atoms with Crippen LogP contribution in [0.3, 0.4) is 0 Å². The van der Waals surface area contributed by atoms with Gasteiger partial charge in [0, 0.05) is 12.3 Å². The zero-order valence-corrected chi connectivity index (χ0v) is 13.9. The summed E-state index contributed by atoms with van der Waals surface area (Å²) in [5.74, 6) is 0.449. The molecule has 0 saturated heterocycles. The van der Waals surface area contributed by atoms with E-state index in [0.717, 1.165) is 6.42 Å². The average Bonchev–Trinajstić information content (AvgIpc) is 2.46. The Balaban J connectivity index is 2.79. The third-order valence-corrected chi connectivity index (χ3v) is 3.56. The Kier molecular flexibility index (Phi) is 6.99. The molecule has 0 saturated carbocycles. The molecule has 1 rings (SSSR count). The van der Waals surface area contributed by atoms with Gasteiger partial charge in [-0.1, -0.05) is 25.4 Å². The summed E-state index contributed by atoms with van der Waals surface area (Å²) in [6.07, 6.45) is 1.51. The van der Waals surface area contributed by atoms with E-state index in [4.69, 9.17) is 21.1 Å². The highest BCUT2D eigenvalue weighted by Crippen LogP contribution is 2.28. The maximum atomic E-state index is 12.3. The van der Waals surface area contributed by atoms with E-state index in [0.29, 0.717) is 36.1 Å². The molecule has 0 aliphatic heterocycles. The first-order valence-electron chi connectivity index (χ1n) is 7.34. The quantitative estimate of drug-likeness (QED) is 0.779. The van der Waals surface area contributed by atoms with Crippen LogP contribution in [0.4, 0.5) is 5.69 Å². The zero-order chi connectivity index (χ0) is 15.9. The van der Waals surface area contributed by atoms with Crippen LogP contribution in [0.15, 0.2) is 18.2 Å². The number of ether oxygens (including phenoxy) is 2. The minimum Gasteiger partial charge on any atom is -0.492 e. The van der Waals surface area contributed by atoms with Crippen molar-refractivity contribution in [2.45, 2.75) is 46.1 Å². The highest BCUT2D eigenvalue weighted by molar-refractivity contribution is 6.32. The van der Waals surface area contributed by atoms with Gasteiger partial charge in [0.05, 0.1) is 11.6 Å². The number of carbonyl (C=O) groups excluding carboxylic acids is 1. The van der Waals surface area contributed by atoms with Crippen LogP contribution >= 0.6 is 11.6 Å². The Hall–Kier alpha value is -1.26. The van der Waals surface area contributed by atoms with Crippen LogP contribution in [-0.4, -0.2) is 24.7 Å². The van der Waals surface area contributed by atoms with E-state index in [1.807, 2.05) is 20.8 Å². The molecular formula is C16H24ClNO3. The van der Waals surface area contributed by atoms with Gasteiger partial charge in [-0.3, -0.25) is 4.79 Å². The first-order chi connectivity index (χ1) is 9.96. The van der Waals surface area contributed by atoms with E-state index in [1.54, 1.807) is 25.1 Å². The van der Waals surface area contributed by atoms with Crippen molar-refractivity contribution in [3.05, 3.63) is 23.2 Å². The van der Waals surface area contributed by atoms with Crippen molar-refractivity contribution >= 4 is 23.2 Å². The van der Waals surface area contributed by atoms with Gasteiger partial charge in [0.1, 0.15) is 11.4 Å². The molecule has 1 aromatic rings. The maximum absolute atomic E-state index is 12.3. The molecule has 1 amide bonds. The summed E-state index contributed by atoms with van der Waals surface area (Å²) in [6, 6.07) is 5.22. The minimum absolute atomic E-state index is 0.176. The van der Waals surface area contributed by atoms with Gasteiger partial charge >= 0.3 is 0 Å². The SMILES string of the molecule is CCCOc1ccc(NC(=O)C(C)(CC)OCC)cc1Cl. The molecule has 0 bridgehead atoms. The molecule has 0 spiro atoms. The number of hydrogen-bond acceptors (Lipinski definition) is 3. The first kappa shape index (κ1) is 17.8. The summed E-state index contributed by atoms with van der Waals surface area (Å²) >= 11 is 6.15. The van der Waals surface area contributed by atoms with Crippen molar-refractivity contribution < 1.29 is 14.3 Å². The largest absolute Gasteiger partial charge is 0.492 e. The zero-order valence-electron chi connectivity index (χ0n) is 13.2. The minimum atomic E-state index is -0.835. The van der Waals surface area contributed by atoms with E-state index in [2.05, 4.69) is 5.32 Å². The highest BCUT2D eigenvalue weighted by atomic mass is 35.5. The van der Waals surface area contributed by atoms with Crippen LogP contribution < -0.4 is 10.1 Å². The van der Waals surface area contributed by atoms with E-state index in [9.17, 15) is 4.79 Å². The molecule has 1 N–H and O–H groups in total. The third kappa shape index (κ3) is 4.90. The Morgan fingerprint density at radius 3 is 2.57 bits per heavy atom. The number of rotatable bonds is 8. The summed E-state index contributed by atoms with van der Waals surface area (Å²) in [7, 11) is 0. The lowest BCUT2D eigenvalue weighted by Crippen LogP contribution is -2.42. The molecule has 0 aliphatic rings. The Morgan fingerprint density at radius 1 is 1.33 bits per heavy atom. The van der Waals surface area contributed by atoms with Crippen molar-refractivity contribution in [1.29, 1.82) is 0 Å². The van der Waals surface area contributed by atoms with Crippen molar-refractivity contribution in [2.24, 2.45) is 0 Å². The standard InChI is InChI=1S/C16H24ClNO3/c1-5-10-20-14-9-8-12(11-13(14)17)18-15(19)16(4,6-2)21-7-3/h8-9,11H,5-7,10H2,1-4H3,(H,18,19). The number of nitrogens with one attached hydrogen (secondary N) is 1. The second-order valence-corrected chi connectivity index (χ2v) is 5.37. The van der Waals surface area contributed by atoms with Crippen LogP contribution in [0, 0.1) is 0 Å². The van der Waals surface area contributed by atoms with Crippen molar-refractivity contribution in [3.63, 3.8) is 0 Å². The molecule has 1 aromatic carbocycles. The monoisotopic (exact) mass is 313 g/mol. The van der Waals surface area contributed by atoms with Crippen molar-refractivity contribution in [3.8, 4) is 5.75 Å². The normalized spacial score (nSPS) is 13.6. The lowest BCUT2D eigenvalue weighted by atomic mass is 10.0. The van der Waals surface area contributed by atoms with Gasteiger partial charge in [-0.2, -0.15) is 0 Å². The highest BCUT2D eigenvalue weighted by Gasteiger charge is 2.31. The summed E-state index contributed by atoms with van der Waals surface area (Å²) in [5.41, 5.74) is -0.202. The lowest BCUT2D eigenvalue weighted by Gasteiger charge is -2.26. The van der Waals surface area contributed by atoms with Gasteiger partial charge < -0.3 is 14.8 Å². The van der Waals surface area contributed by atoms with Crippen LogP contribution in [-0.2, 0) is 9.53 Å². The molecule has 4 nitrogen and oxygen atoms in total. The van der Waals surface area contributed by atoms with E-state index >= 15 is 0 Å². The average molecular weight is 314 g/mol. The number of anilines is 1. The summed E-state index contributed by atoms with van der Waals surface area (Å²) in [6.45, 7) is 8.71. The Bertz CT molecular complexity index is 479. The fourth-order valence-electron chi connectivity index (χ4n) is 1.82. The van der Waals surface area contributed by atoms with E-state index < -0.39 is 5.60 Å². The van der Waals surface area contributed by atoms with Gasteiger partial charge in [-0.05, 0) is 44.9 Å². The van der Waals surface area contributed by atoms with E-state index in [-0.39, 0.29) is 5.91 Å². The van der Waals surface area contributed by atoms with Gasteiger partial charge in [0.15, 0.2) is 0 Å². The van der Waals surface area contributed by atoms with Crippen LogP contribution in [0.5, 0.6) is 5.75 Å². The van der Waals surface area contributed by atoms with Crippen LogP contribution in [0.1, 0.15) is 40.5 Å². The van der Waals surface area contributed by atoms with Crippen molar-refractivity contribution in [1.82, 2.24) is 0 Å². The summed E-state index contributed by atoms with van der Waals surface area (Å²) in [4.78, 5) is 12.3. The topological polar surface area (TPSA) is 47.6 Å². The molecule has 0 heterocycles. The lowest BCUT2D eigenvalue weighted by molar-refractivity contribution is -0.139. The third-order valence-electron chi connectivity index (χ3n) is 3.27.